The number of ether oxygens (including phenoxy) is 1. The molecule has 0 radical (unpaired) electrons. The van der Waals surface area contributed by atoms with Gasteiger partial charge < -0.3 is 15.8 Å². The number of halogens is 1. The lowest BCUT2D eigenvalue weighted by molar-refractivity contribution is 0.102. The number of nitrogens with zero attached hydrogens (tertiary/aromatic N) is 1. The predicted molar refractivity (Wildman–Crippen MR) is 74.6 cm³/mol. The van der Waals surface area contributed by atoms with Gasteiger partial charge in [-0.05, 0) is 30.3 Å². The lowest BCUT2D eigenvalue weighted by Gasteiger charge is -2.10. The number of carbonyl (C=O) groups is 1. The first-order valence-corrected chi connectivity index (χ1v) is 5.84. The van der Waals surface area contributed by atoms with Crippen LogP contribution in [0, 0.1) is 0 Å². The number of pyridine rings is 1. The van der Waals surface area contributed by atoms with Gasteiger partial charge in [0.25, 0.3) is 5.91 Å². The van der Waals surface area contributed by atoms with Gasteiger partial charge in [0, 0.05) is 16.9 Å². The van der Waals surface area contributed by atoms with Gasteiger partial charge in [0.05, 0.1) is 12.8 Å². The molecule has 0 spiro atoms. The normalized spacial score (nSPS) is 10.0. The molecule has 0 fully saturated rings. The molecular formula is C13H12ClN3O2. The zero-order valence-corrected chi connectivity index (χ0v) is 10.9. The van der Waals surface area contributed by atoms with E-state index in [9.17, 15) is 4.79 Å². The Hall–Kier alpha value is -2.27. The van der Waals surface area contributed by atoms with Crippen LogP contribution in [0.25, 0.3) is 0 Å². The molecular weight excluding hydrogens is 266 g/mol. The second kappa shape index (κ2) is 5.58. The number of amides is 1. The van der Waals surface area contributed by atoms with E-state index in [0.717, 1.165) is 0 Å². The predicted octanol–water partition coefficient (Wildman–Crippen LogP) is 2.58. The molecule has 0 saturated heterocycles. The van der Waals surface area contributed by atoms with Crippen LogP contribution >= 0.6 is 11.6 Å². The maximum Gasteiger partial charge on any atom is 0.274 e. The maximum atomic E-state index is 12.0. The van der Waals surface area contributed by atoms with Crippen molar-refractivity contribution in [3.05, 3.63) is 47.2 Å². The Morgan fingerprint density at radius 3 is 2.84 bits per heavy atom. The van der Waals surface area contributed by atoms with Crippen molar-refractivity contribution in [1.29, 1.82) is 0 Å². The van der Waals surface area contributed by atoms with Crippen LogP contribution in [0.15, 0.2) is 36.5 Å². The highest BCUT2D eigenvalue weighted by molar-refractivity contribution is 6.31. The standard InChI is InChI=1S/C13H12ClN3O2/c1-19-12-3-2-8(14)6-10(12)17-13(18)11-7-9(15)4-5-16-11/h2-7H,1H3,(H2,15,16)(H,17,18). The molecule has 2 rings (SSSR count). The van der Waals surface area contributed by atoms with Gasteiger partial charge in [0.15, 0.2) is 0 Å². The number of benzene rings is 1. The van der Waals surface area contributed by atoms with Gasteiger partial charge in [-0.3, -0.25) is 9.78 Å². The van der Waals surface area contributed by atoms with Crippen molar-refractivity contribution >= 4 is 28.9 Å². The summed E-state index contributed by atoms with van der Waals surface area (Å²) in [4.78, 5) is 16.0. The lowest BCUT2D eigenvalue weighted by Crippen LogP contribution is -2.14. The molecule has 0 aliphatic carbocycles. The van der Waals surface area contributed by atoms with E-state index in [4.69, 9.17) is 22.1 Å². The summed E-state index contributed by atoms with van der Waals surface area (Å²) in [6.07, 6.45) is 1.47. The van der Waals surface area contributed by atoms with Gasteiger partial charge in [-0.1, -0.05) is 11.6 Å². The number of methoxy groups -OCH3 is 1. The first-order valence-electron chi connectivity index (χ1n) is 5.46. The number of nitrogens with two attached hydrogens (primary N) is 1. The number of hydrogen-bond donors (Lipinski definition) is 2. The van der Waals surface area contributed by atoms with Crippen LogP contribution in [0.1, 0.15) is 10.5 Å². The molecule has 0 saturated carbocycles. The highest BCUT2D eigenvalue weighted by Gasteiger charge is 2.11. The molecule has 98 valence electrons. The number of hydrogen-bond acceptors (Lipinski definition) is 4. The average Bonchev–Trinajstić information content (AvgIpc) is 2.39. The highest BCUT2D eigenvalue weighted by atomic mass is 35.5. The third-order valence-electron chi connectivity index (χ3n) is 2.43. The van der Waals surface area contributed by atoms with Crippen LogP contribution < -0.4 is 15.8 Å². The van der Waals surface area contributed by atoms with Crippen LogP contribution in [-0.4, -0.2) is 18.0 Å². The highest BCUT2D eigenvalue weighted by Crippen LogP contribution is 2.28. The van der Waals surface area contributed by atoms with E-state index in [1.165, 1.54) is 19.4 Å². The Bertz CT molecular complexity index is 617. The molecule has 1 aromatic carbocycles. The van der Waals surface area contributed by atoms with E-state index in [1.807, 2.05) is 0 Å². The summed E-state index contributed by atoms with van der Waals surface area (Å²) in [5, 5.41) is 3.18. The van der Waals surface area contributed by atoms with Crippen molar-refractivity contribution < 1.29 is 9.53 Å². The van der Waals surface area contributed by atoms with Crippen LogP contribution in [0.3, 0.4) is 0 Å². The maximum absolute atomic E-state index is 12.0. The number of rotatable bonds is 3. The summed E-state index contributed by atoms with van der Waals surface area (Å²) < 4.78 is 5.14. The number of carbonyl (C=O) groups excluding carboxylic acids is 1. The minimum Gasteiger partial charge on any atom is -0.495 e. The summed E-state index contributed by atoms with van der Waals surface area (Å²) in [6.45, 7) is 0. The summed E-state index contributed by atoms with van der Waals surface area (Å²) in [5.74, 6) is 0.134. The number of aromatic nitrogens is 1. The quantitative estimate of drug-likeness (QED) is 0.904. The molecule has 2 aromatic rings. The molecule has 0 unspecified atom stereocenters. The van der Waals surface area contributed by atoms with E-state index in [1.54, 1.807) is 24.3 Å². The Kier molecular flexibility index (Phi) is 3.87. The zero-order valence-electron chi connectivity index (χ0n) is 10.2. The topological polar surface area (TPSA) is 77.2 Å². The van der Waals surface area contributed by atoms with E-state index >= 15 is 0 Å². The monoisotopic (exact) mass is 277 g/mol. The van der Waals surface area contributed by atoms with Crippen LogP contribution in [0.4, 0.5) is 11.4 Å². The number of nitrogen functional groups attached to an aromatic ring is 1. The lowest BCUT2D eigenvalue weighted by atomic mass is 10.2. The molecule has 1 heterocycles. The Morgan fingerprint density at radius 1 is 1.37 bits per heavy atom. The van der Waals surface area contributed by atoms with Gasteiger partial charge >= 0.3 is 0 Å². The van der Waals surface area contributed by atoms with Gasteiger partial charge in [-0.15, -0.1) is 0 Å². The molecule has 6 heteroatoms. The third kappa shape index (κ3) is 3.14. The Labute approximate surface area is 115 Å². The van der Waals surface area contributed by atoms with E-state index in [0.29, 0.717) is 22.1 Å². The van der Waals surface area contributed by atoms with E-state index < -0.39 is 0 Å². The fourth-order valence-electron chi connectivity index (χ4n) is 1.54. The minimum absolute atomic E-state index is 0.224. The van der Waals surface area contributed by atoms with Crippen LogP contribution in [0.5, 0.6) is 5.75 Å². The Morgan fingerprint density at radius 2 is 2.16 bits per heavy atom. The molecule has 0 aliphatic heterocycles. The molecule has 0 atom stereocenters. The first-order chi connectivity index (χ1) is 9.10. The summed E-state index contributed by atoms with van der Waals surface area (Å²) >= 11 is 5.89. The third-order valence-corrected chi connectivity index (χ3v) is 2.66. The zero-order chi connectivity index (χ0) is 13.8. The largest absolute Gasteiger partial charge is 0.495 e. The van der Waals surface area contributed by atoms with Gasteiger partial charge in [-0.25, -0.2) is 0 Å². The van der Waals surface area contributed by atoms with Crippen molar-refractivity contribution in [1.82, 2.24) is 4.98 Å². The van der Waals surface area contributed by atoms with Gasteiger partial charge in [0.1, 0.15) is 11.4 Å². The molecule has 5 nitrogen and oxygen atoms in total. The second-order valence-electron chi connectivity index (χ2n) is 3.77. The van der Waals surface area contributed by atoms with Gasteiger partial charge in [0.2, 0.25) is 0 Å². The Balaban J connectivity index is 2.26. The molecule has 1 amide bonds. The van der Waals surface area contributed by atoms with Crippen molar-refractivity contribution in [3.8, 4) is 5.75 Å². The summed E-state index contributed by atoms with van der Waals surface area (Å²) in [5.41, 5.74) is 6.77. The summed E-state index contributed by atoms with van der Waals surface area (Å²) in [6, 6.07) is 8.05. The minimum atomic E-state index is -0.382. The fourth-order valence-corrected chi connectivity index (χ4v) is 1.71. The van der Waals surface area contributed by atoms with Crippen molar-refractivity contribution in [2.75, 3.05) is 18.2 Å². The van der Waals surface area contributed by atoms with Crippen molar-refractivity contribution in [2.24, 2.45) is 0 Å². The SMILES string of the molecule is COc1ccc(Cl)cc1NC(=O)c1cc(N)ccn1. The van der Waals surface area contributed by atoms with E-state index in [-0.39, 0.29) is 11.6 Å². The van der Waals surface area contributed by atoms with Crippen molar-refractivity contribution in [2.45, 2.75) is 0 Å². The number of anilines is 2. The van der Waals surface area contributed by atoms with Crippen LogP contribution in [-0.2, 0) is 0 Å². The summed E-state index contributed by atoms with van der Waals surface area (Å²) in [7, 11) is 1.51. The fraction of sp³-hybridized carbons (Fsp3) is 0.0769. The molecule has 3 N–H and O–H groups in total. The molecule has 19 heavy (non-hydrogen) atoms. The molecule has 0 aliphatic rings. The number of nitrogens with one attached hydrogen (secondary N) is 1. The first kappa shape index (κ1) is 13.2. The smallest absolute Gasteiger partial charge is 0.274 e. The molecule has 0 bridgehead atoms. The average molecular weight is 278 g/mol. The van der Waals surface area contributed by atoms with Crippen LogP contribution in [0.2, 0.25) is 5.02 Å². The van der Waals surface area contributed by atoms with Gasteiger partial charge in [-0.2, -0.15) is 0 Å². The second-order valence-corrected chi connectivity index (χ2v) is 4.21. The molecule has 1 aromatic heterocycles. The van der Waals surface area contributed by atoms with E-state index in [2.05, 4.69) is 10.3 Å². The van der Waals surface area contributed by atoms with Crippen molar-refractivity contribution in [3.63, 3.8) is 0 Å².